The van der Waals surface area contributed by atoms with Crippen molar-refractivity contribution in [3.8, 4) is 6.07 Å². The summed E-state index contributed by atoms with van der Waals surface area (Å²) in [5, 5.41) is 12.1. The molecule has 0 saturated carbocycles. The molecular weight excluding hydrogens is 357 g/mol. The molecule has 0 aromatic heterocycles. The Kier molecular flexibility index (Phi) is 5.47. The van der Waals surface area contributed by atoms with Crippen LogP contribution in [0.3, 0.4) is 0 Å². The number of nitrogens with zero attached hydrogens (tertiary/aromatic N) is 1. The monoisotopic (exact) mass is 371 g/mol. The summed E-state index contributed by atoms with van der Waals surface area (Å²) in [7, 11) is -3.66. The lowest BCUT2D eigenvalue weighted by atomic mass is 9.97. The number of Topliss-reactive ketones (excluding diaryl/α,β-unsaturated/α-hetero) is 1. The first-order chi connectivity index (χ1) is 11.2. The van der Waals surface area contributed by atoms with Crippen LogP contribution >= 0.6 is 11.6 Å². The Morgan fingerprint density at radius 1 is 1.42 bits per heavy atom. The highest BCUT2D eigenvalue weighted by atomic mass is 35.5. The van der Waals surface area contributed by atoms with Gasteiger partial charge in [0.05, 0.1) is 22.5 Å². The molecule has 24 heavy (non-hydrogen) atoms. The molecule has 9 heteroatoms. The molecule has 0 aliphatic carbocycles. The van der Waals surface area contributed by atoms with Gasteiger partial charge in [-0.05, 0) is 31.4 Å². The molecule has 2 rings (SSSR count). The normalized spacial score (nSPS) is 16.8. The molecule has 6 nitrogen and oxygen atoms in total. The fourth-order valence-corrected chi connectivity index (χ4v) is 3.18. The van der Waals surface area contributed by atoms with Crippen LogP contribution in [0.25, 0.3) is 0 Å². The summed E-state index contributed by atoms with van der Waals surface area (Å²) < 4.78 is 38.9. The van der Waals surface area contributed by atoms with Crippen molar-refractivity contribution in [3.63, 3.8) is 0 Å². The number of benzene rings is 1. The molecule has 0 amide bonds. The Balaban J connectivity index is 2.49. The van der Waals surface area contributed by atoms with E-state index >= 15 is 0 Å². The summed E-state index contributed by atoms with van der Waals surface area (Å²) in [4.78, 5) is 12.5. The van der Waals surface area contributed by atoms with Gasteiger partial charge < -0.3 is 5.32 Å². The van der Waals surface area contributed by atoms with Gasteiger partial charge in [-0.3, -0.25) is 9.52 Å². The summed E-state index contributed by atoms with van der Waals surface area (Å²) in [5.41, 5.74) is -0.244. The SMILES string of the molecule is CS(=O)(=O)Nc1cc(C(=O)/C(C#N)=C2/CCCCN2)c(F)cc1Cl. The van der Waals surface area contributed by atoms with Crippen molar-refractivity contribution in [1.29, 1.82) is 5.26 Å². The van der Waals surface area contributed by atoms with Crippen LogP contribution < -0.4 is 10.0 Å². The number of nitrogens with one attached hydrogen (secondary N) is 2. The molecule has 0 bridgehead atoms. The second kappa shape index (κ2) is 7.20. The van der Waals surface area contributed by atoms with Crippen LogP contribution in [-0.2, 0) is 10.0 Å². The minimum atomic E-state index is -3.66. The number of halogens is 2. The van der Waals surface area contributed by atoms with Gasteiger partial charge in [0.1, 0.15) is 17.5 Å². The first-order valence-electron chi connectivity index (χ1n) is 7.11. The van der Waals surface area contributed by atoms with Crippen molar-refractivity contribution in [3.05, 3.63) is 39.8 Å². The van der Waals surface area contributed by atoms with Crippen molar-refractivity contribution in [2.75, 3.05) is 17.5 Å². The van der Waals surface area contributed by atoms with Crippen LogP contribution in [0.5, 0.6) is 0 Å². The lowest BCUT2D eigenvalue weighted by molar-refractivity contribution is 0.103. The summed E-state index contributed by atoms with van der Waals surface area (Å²) in [6, 6.07) is 3.65. The highest BCUT2D eigenvalue weighted by Crippen LogP contribution is 2.28. The molecule has 2 N–H and O–H groups in total. The van der Waals surface area contributed by atoms with Crippen molar-refractivity contribution in [2.45, 2.75) is 19.3 Å². The molecule has 1 aromatic rings. The molecule has 0 unspecified atom stereocenters. The summed E-state index contributed by atoms with van der Waals surface area (Å²) in [6.07, 6.45) is 3.18. The number of piperidine rings is 1. The van der Waals surface area contributed by atoms with Gasteiger partial charge in [-0.1, -0.05) is 11.6 Å². The fourth-order valence-electron chi connectivity index (χ4n) is 2.36. The first kappa shape index (κ1) is 18.2. The highest BCUT2D eigenvalue weighted by molar-refractivity contribution is 7.92. The van der Waals surface area contributed by atoms with E-state index in [9.17, 15) is 22.9 Å². The van der Waals surface area contributed by atoms with Crippen molar-refractivity contribution >= 4 is 33.1 Å². The van der Waals surface area contributed by atoms with Gasteiger partial charge in [0.25, 0.3) is 0 Å². The third kappa shape index (κ3) is 4.24. The average molecular weight is 372 g/mol. The van der Waals surface area contributed by atoms with Gasteiger partial charge in [0.15, 0.2) is 0 Å². The van der Waals surface area contributed by atoms with E-state index in [0.717, 1.165) is 31.2 Å². The number of carbonyl (C=O) groups is 1. The summed E-state index contributed by atoms with van der Waals surface area (Å²) in [5.74, 6) is -1.74. The fraction of sp³-hybridized carbons (Fsp3) is 0.333. The van der Waals surface area contributed by atoms with Crippen molar-refractivity contribution < 1.29 is 17.6 Å². The van der Waals surface area contributed by atoms with Gasteiger partial charge in [0, 0.05) is 12.2 Å². The molecule has 1 heterocycles. The molecule has 128 valence electrons. The Morgan fingerprint density at radius 3 is 2.67 bits per heavy atom. The zero-order valence-corrected chi connectivity index (χ0v) is 14.4. The van der Waals surface area contributed by atoms with Gasteiger partial charge >= 0.3 is 0 Å². The van der Waals surface area contributed by atoms with Crippen molar-refractivity contribution in [1.82, 2.24) is 5.32 Å². The minimum absolute atomic E-state index is 0.122. The molecule has 1 fully saturated rings. The van der Waals surface area contributed by atoms with Crippen LogP contribution in [0.15, 0.2) is 23.4 Å². The van der Waals surface area contributed by atoms with E-state index in [-0.39, 0.29) is 16.3 Å². The van der Waals surface area contributed by atoms with Crippen LogP contribution in [-0.4, -0.2) is 27.0 Å². The zero-order chi connectivity index (χ0) is 17.9. The highest BCUT2D eigenvalue weighted by Gasteiger charge is 2.23. The van der Waals surface area contributed by atoms with Crippen LogP contribution in [0.1, 0.15) is 29.6 Å². The third-order valence-electron chi connectivity index (χ3n) is 3.43. The smallest absolute Gasteiger partial charge is 0.229 e. The zero-order valence-electron chi connectivity index (χ0n) is 12.8. The maximum atomic E-state index is 14.1. The van der Waals surface area contributed by atoms with E-state index in [1.807, 2.05) is 6.07 Å². The van der Waals surface area contributed by atoms with Crippen molar-refractivity contribution in [2.24, 2.45) is 0 Å². The molecule has 0 atom stereocenters. The van der Waals surface area contributed by atoms with E-state index in [1.54, 1.807) is 0 Å². The lowest BCUT2D eigenvalue weighted by Crippen LogP contribution is -2.24. The predicted molar refractivity (Wildman–Crippen MR) is 88.7 cm³/mol. The second-order valence-electron chi connectivity index (χ2n) is 5.36. The lowest BCUT2D eigenvalue weighted by Gasteiger charge is -2.18. The molecule has 1 aliphatic rings. The van der Waals surface area contributed by atoms with Gasteiger partial charge in [0.2, 0.25) is 15.8 Å². The topological polar surface area (TPSA) is 99.1 Å². The predicted octanol–water partition coefficient (Wildman–Crippen LogP) is 2.58. The quantitative estimate of drug-likeness (QED) is 0.481. The van der Waals surface area contributed by atoms with E-state index in [2.05, 4.69) is 10.0 Å². The van der Waals surface area contributed by atoms with Gasteiger partial charge in [-0.15, -0.1) is 0 Å². The van der Waals surface area contributed by atoms with Gasteiger partial charge in [-0.25, -0.2) is 12.8 Å². The maximum Gasteiger partial charge on any atom is 0.229 e. The van der Waals surface area contributed by atoms with E-state index in [0.29, 0.717) is 18.7 Å². The minimum Gasteiger partial charge on any atom is -0.387 e. The standard InChI is InChI=1S/C15H15ClFN3O3S/c1-24(22,23)20-14-6-9(12(17)7-11(14)16)15(21)10(8-18)13-4-2-3-5-19-13/h6-7,19-20H,2-5H2,1H3/b13-10-. The summed E-state index contributed by atoms with van der Waals surface area (Å²) >= 11 is 5.81. The third-order valence-corrected chi connectivity index (χ3v) is 4.33. The number of sulfonamides is 1. The van der Waals surface area contributed by atoms with Gasteiger partial charge in [-0.2, -0.15) is 5.26 Å². The number of hydrogen-bond donors (Lipinski definition) is 2. The van der Waals surface area contributed by atoms with Crippen LogP contribution in [0, 0.1) is 17.1 Å². The molecule has 0 spiro atoms. The van der Waals surface area contributed by atoms with E-state index in [1.165, 1.54) is 0 Å². The van der Waals surface area contributed by atoms with Crippen LogP contribution in [0.4, 0.5) is 10.1 Å². The second-order valence-corrected chi connectivity index (χ2v) is 7.52. The molecule has 0 radical (unpaired) electrons. The number of anilines is 1. The van der Waals surface area contributed by atoms with E-state index < -0.39 is 27.2 Å². The Hall–Kier alpha value is -2.11. The Morgan fingerprint density at radius 2 is 2.12 bits per heavy atom. The van der Waals surface area contributed by atoms with E-state index in [4.69, 9.17) is 11.6 Å². The number of nitriles is 1. The van der Waals surface area contributed by atoms with Crippen LogP contribution in [0.2, 0.25) is 5.02 Å². The number of allylic oxidation sites excluding steroid dienone is 2. The first-order valence-corrected chi connectivity index (χ1v) is 9.38. The summed E-state index contributed by atoms with van der Waals surface area (Å²) in [6.45, 7) is 0.637. The molecular formula is C15H15ClFN3O3S. The number of carbonyl (C=O) groups excluding carboxylic acids is 1. The number of hydrogen-bond acceptors (Lipinski definition) is 5. The molecule has 1 saturated heterocycles. The number of ketones is 1. The molecule has 1 aliphatic heterocycles. The maximum absolute atomic E-state index is 14.1. The number of rotatable bonds is 4. The average Bonchev–Trinajstić information content (AvgIpc) is 2.50. The Bertz CT molecular complexity index is 851. The largest absolute Gasteiger partial charge is 0.387 e. The molecule has 1 aromatic carbocycles. The Labute approximate surface area is 144 Å².